The standard InChI is InChI=1S/C21H16N4O3/c26-21(13-15-8-10-16(11-9-15)25(27)28)23-18-6-2-1-5-17(18)19-14-24-12-4-3-7-20(24)22-19/h1-12,14H,13H2,(H,23,26). The van der Waals surface area contributed by atoms with Crippen molar-refractivity contribution in [1.29, 1.82) is 0 Å². The summed E-state index contributed by atoms with van der Waals surface area (Å²) in [6.07, 6.45) is 3.95. The fraction of sp³-hybridized carbons (Fsp3) is 0.0476. The SMILES string of the molecule is O=C(Cc1ccc([N+](=O)[O-])cc1)Nc1ccccc1-c1cn2ccccc2n1. The number of nitrogens with one attached hydrogen (secondary N) is 1. The van der Waals surface area contributed by atoms with Gasteiger partial charge in [0.1, 0.15) is 5.65 Å². The Kier molecular flexibility index (Phi) is 4.55. The molecule has 0 atom stereocenters. The van der Waals surface area contributed by atoms with Gasteiger partial charge >= 0.3 is 0 Å². The van der Waals surface area contributed by atoms with Gasteiger partial charge in [0.2, 0.25) is 5.91 Å². The minimum Gasteiger partial charge on any atom is -0.325 e. The second-order valence-electron chi connectivity index (χ2n) is 6.29. The van der Waals surface area contributed by atoms with Crippen LogP contribution in [0.2, 0.25) is 0 Å². The van der Waals surface area contributed by atoms with Gasteiger partial charge in [0.15, 0.2) is 0 Å². The van der Waals surface area contributed by atoms with Crippen LogP contribution in [0.25, 0.3) is 16.9 Å². The number of benzene rings is 2. The van der Waals surface area contributed by atoms with Crippen molar-refractivity contribution in [1.82, 2.24) is 9.38 Å². The smallest absolute Gasteiger partial charge is 0.269 e. The molecule has 1 N–H and O–H groups in total. The highest BCUT2D eigenvalue weighted by molar-refractivity contribution is 5.96. The number of non-ortho nitro benzene ring substituents is 1. The van der Waals surface area contributed by atoms with E-state index in [0.717, 1.165) is 16.9 Å². The molecule has 0 radical (unpaired) electrons. The first kappa shape index (κ1) is 17.4. The lowest BCUT2D eigenvalue weighted by Crippen LogP contribution is -2.15. The quantitative estimate of drug-likeness (QED) is 0.422. The Balaban J connectivity index is 1.55. The number of fused-ring (bicyclic) bond motifs is 1. The van der Waals surface area contributed by atoms with Gasteiger partial charge < -0.3 is 9.72 Å². The zero-order valence-electron chi connectivity index (χ0n) is 14.8. The average molecular weight is 372 g/mol. The Hall–Kier alpha value is -4.00. The molecule has 0 fully saturated rings. The van der Waals surface area contributed by atoms with Crippen LogP contribution in [0.15, 0.2) is 79.1 Å². The molecule has 138 valence electrons. The molecule has 2 aromatic carbocycles. The van der Waals surface area contributed by atoms with E-state index < -0.39 is 4.92 Å². The van der Waals surface area contributed by atoms with Gasteiger partial charge in [-0.3, -0.25) is 14.9 Å². The minimum absolute atomic E-state index is 0.00125. The van der Waals surface area contributed by atoms with Gasteiger partial charge in [-0.15, -0.1) is 0 Å². The van der Waals surface area contributed by atoms with E-state index in [-0.39, 0.29) is 18.0 Å². The van der Waals surface area contributed by atoms with Crippen LogP contribution in [-0.2, 0) is 11.2 Å². The number of carbonyl (C=O) groups is 1. The van der Waals surface area contributed by atoms with Crippen LogP contribution in [0.5, 0.6) is 0 Å². The van der Waals surface area contributed by atoms with Gasteiger partial charge in [-0.05, 0) is 23.8 Å². The van der Waals surface area contributed by atoms with Gasteiger partial charge in [0.25, 0.3) is 5.69 Å². The lowest BCUT2D eigenvalue weighted by molar-refractivity contribution is -0.384. The molecular formula is C21H16N4O3. The van der Waals surface area contributed by atoms with E-state index in [2.05, 4.69) is 10.3 Å². The summed E-state index contributed by atoms with van der Waals surface area (Å²) in [4.78, 5) is 27.4. The maximum atomic E-state index is 12.5. The molecule has 0 aliphatic heterocycles. The van der Waals surface area contributed by atoms with Crippen LogP contribution >= 0.6 is 0 Å². The Morgan fingerprint density at radius 1 is 1.04 bits per heavy atom. The molecule has 0 saturated carbocycles. The zero-order valence-corrected chi connectivity index (χ0v) is 14.8. The number of para-hydroxylation sites is 1. The molecule has 7 heteroatoms. The van der Waals surface area contributed by atoms with Crippen LogP contribution in [-0.4, -0.2) is 20.2 Å². The highest BCUT2D eigenvalue weighted by Crippen LogP contribution is 2.27. The molecule has 0 spiro atoms. The number of nitrogens with zero attached hydrogens (tertiary/aromatic N) is 3. The van der Waals surface area contributed by atoms with E-state index >= 15 is 0 Å². The van der Waals surface area contributed by atoms with Crippen LogP contribution in [0.4, 0.5) is 11.4 Å². The lowest BCUT2D eigenvalue weighted by atomic mass is 10.1. The molecule has 2 heterocycles. The van der Waals surface area contributed by atoms with Crippen molar-refractivity contribution in [3.05, 3.63) is 94.8 Å². The van der Waals surface area contributed by atoms with Gasteiger partial charge in [-0.25, -0.2) is 4.98 Å². The minimum atomic E-state index is -0.463. The predicted octanol–water partition coefficient (Wildman–Crippen LogP) is 4.09. The fourth-order valence-corrected chi connectivity index (χ4v) is 3.00. The first-order valence-electron chi connectivity index (χ1n) is 8.66. The number of carbonyl (C=O) groups excluding carboxylic acids is 1. The number of rotatable bonds is 5. The third kappa shape index (κ3) is 3.59. The maximum Gasteiger partial charge on any atom is 0.269 e. The summed E-state index contributed by atoms with van der Waals surface area (Å²) < 4.78 is 1.92. The number of nitro benzene ring substituents is 1. The molecule has 0 bridgehead atoms. The number of hydrogen-bond donors (Lipinski definition) is 1. The van der Waals surface area contributed by atoms with Gasteiger partial charge in [0.05, 0.1) is 22.7 Å². The maximum absolute atomic E-state index is 12.5. The van der Waals surface area contributed by atoms with E-state index in [1.165, 1.54) is 12.1 Å². The Morgan fingerprint density at radius 3 is 2.54 bits per heavy atom. The lowest BCUT2D eigenvalue weighted by Gasteiger charge is -2.09. The topological polar surface area (TPSA) is 89.5 Å². The molecule has 0 aliphatic rings. The number of anilines is 1. The summed E-state index contributed by atoms with van der Waals surface area (Å²) in [7, 11) is 0. The number of aromatic nitrogens is 2. The van der Waals surface area contributed by atoms with Crippen LogP contribution < -0.4 is 5.32 Å². The molecule has 0 unspecified atom stereocenters. The van der Waals surface area contributed by atoms with Crippen LogP contribution in [0.3, 0.4) is 0 Å². The highest BCUT2D eigenvalue weighted by Gasteiger charge is 2.12. The number of pyridine rings is 1. The van der Waals surface area contributed by atoms with Crippen LogP contribution in [0, 0.1) is 10.1 Å². The molecule has 28 heavy (non-hydrogen) atoms. The van der Waals surface area contributed by atoms with Crippen molar-refractivity contribution in [2.24, 2.45) is 0 Å². The highest BCUT2D eigenvalue weighted by atomic mass is 16.6. The Morgan fingerprint density at radius 2 is 1.79 bits per heavy atom. The van der Waals surface area contributed by atoms with Crippen molar-refractivity contribution in [3.63, 3.8) is 0 Å². The monoisotopic (exact) mass is 372 g/mol. The van der Waals surface area contributed by atoms with Crippen molar-refractivity contribution in [3.8, 4) is 11.3 Å². The third-order valence-corrected chi connectivity index (χ3v) is 4.35. The van der Waals surface area contributed by atoms with E-state index in [9.17, 15) is 14.9 Å². The Labute approximate surface area is 160 Å². The number of amides is 1. The second-order valence-corrected chi connectivity index (χ2v) is 6.29. The molecule has 0 aliphatic carbocycles. The third-order valence-electron chi connectivity index (χ3n) is 4.35. The molecule has 2 aromatic heterocycles. The molecule has 4 rings (SSSR count). The predicted molar refractivity (Wildman–Crippen MR) is 106 cm³/mol. The fourth-order valence-electron chi connectivity index (χ4n) is 3.00. The van der Waals surface area contributed by atoms with Gasteiger partial charge in [0, 0.05) is 30.1 Å². The molecular weight excluding hydrogens is 356 g/mol. The largest absolute Gasteiger partial charge is 0.325 e. The van der Waals surface area contributed by atoms with E-state index in [0.29, 0.717) is 11.3 Å². The van der Waals surface area contributed by atoms with Crippen LogP contribution in [0.1, 0.15) is 5.56 Å². The Bertz CT molecular complexity index is 1130. The van der Waals surface area contributed by atoms with E-state index in [4.69, 9.17) is 0 Å². The number of imidazole rings is 1. The average Bonchev–Trinajstić information content (AvgIpc) is 3.12. The van der Waals surface area contributed by atoms with Crippen molar-refractivity contribution in [2.75, 3.05) is 5.32 Å². The van der Waals surface area contributed by atoms with E-state index in [1.807, 2.05) is 59.3 Å². The summed E-state index contributed by atoms with van der Waals surface area (Å²) in [6.45, 7) is 0. The summed E-state index contributed by atoms with van der Waals surface area (Å²) >= 11 is 0. The molecule has 7 nitrogen and oxygen atoms in total. The molecule has 4 aromatic rings. The first-order valence-corrected chi connectivity index (χ1v) is 8.66. The summed E-state index contributed by atoms with van der Waals surface area (Å²) in [5, 5.41) is 13.6. The summed E-state index contributed by atoms with van der Waals surface area (Å²) in [5.74, 6) is -0.204. The molecule has 1 amide bonds. The summed E-state index contributed by atoms with van der Waals surface area (Å²) in [6, 6.07) is 19.2. The van der Waals surface area contributed by atoms with Crippen molar-refractivity contribution in [2.45, 2.75) is 6.42 Å². The van der Waals surface area contributed by atoms with E-state index in [1.54, 1.807) is 12.1 Å². The van der Waals surface area contributed by atoms with Crippen molar-refractivity contribution >= 4 is 22.9 Å². The number of nitro groups is 1. The zero-order chi connectivity index (χ0) is 19.5. The first-order chi connectivity index (χ1) is 13.6. The van der Waals surface area contributed by atoms with Gasteiger partial charge in [-0.1, -0.05) is 36.4 Å². The normalized spacial score (nSPS) is 10.7. The molecule has 0 saturated heterocycles. The summed E-state index contributed by atoms with van der Waals surface area (Å²) in [5.41, 5.74) is 3.78. The van der Waals surface area contributed by atoms with Crippen molar-refractivity contribution < 1.29 is 9.72 Å². The van der Waals surface area contributed by atoms with Gasteiger partial charge in [-0.2, -0.15) is 0 Å². The number of hydrogen-bond acceptors (Lipinski definition) is 4. The second kappa shape index (κ2) is 7.32.